The van der Waals surface area contributed by atoms with E-state index >= 15 is 8.78 Å². The number of amides is 3. The summed E-state index contributed by atoms with van der Waals surface area (Å²) in [5, 5.41) is 4.46. The van der Waals surface area contributed by atoms with Crippen LogP contribution in [0.15, 0.2) is 48.8 Å². The number of sulfonamides is 1. The number of anilines is 3. The predicted octanol–water partition coefficient (Wildman–Crippen LogP) is 3.74. The quantitative estimate of drug-likeness (QED) is 0.387. The van der Waals surface area contributed by atoms with Gasteiger partial charge in [-0.05, 0) is 24.6 Å². The first-order valence-electron chi connectivity index (χ1n) is 11.1. The van der Waals surface area contributed by atoms with Gasteiger partial charge in [0.2, 0.25) is 15.9 Å². The summed E-state index contributed by atoms with van der Waals surface area (Å²) in [5.74, 6) is -3.75. The zero-order valence-corrected chi connectivity index (χ0v) is 20.7. The van der Waals surface area contributed by atoms with Gasteiger partial charge in [0.05, 0.1) is 30.0 Å². The van der Waals surface area contributed by atoms with Crippen LogP contribution in [0.5, 0.6) is 0 Å². The molecule has 0 saturated carbocycles. The van der Waals surface area contributed by atoms with Crippen molar-refractivity contribution < 1.29 is 40.0 Å². The monoisotopic (exact) mass is 570 g/mol. The second-order valence-corrected chi connectivity index (χ2v) is 10.1. The summed E-state index contributed by atoms with van der Waals surface area (Å²) in [6.07, 6.45) is -2.67. The van der Waals surface area contributed by atoms with Gasteiger partial charge in [0.25, 0.3) is 0 Å². The van der Waals surface area contributed by atoms with E-state index in [2.05, 4.69) is 25.3 Å². The van der Waals surface area contributed by atoms with E-state index in [9.17, 15) is 31.2 Å². The van der Waals surface area contributed by atoms with E-state index in [1.165, 1.54) is 30.3 Å². The lowest BCUT2D eigenvalue weighted by Gasteiger charge is -2.20. The first-order chi connectivity index (χ1) is 18.2. The number of benzene rings is 2. The minimum absolute atomic E-state index is 0.0227. The standard InChI is InChI=1S/C23H19F5N6O4S/c1-39(37,38)33-14-5-3-2-4-12(14)13-6-7-16(20(25)19(13)24)34-9-8-15(21(34)35)31-22(36)32-18-11-29-17(10-30-18)23(26,27)28/h2-7,10-11,15,33H,8-9H2,1H3,(H2,30,31,32,36)/t15-/m1/s1. The van der Waals surface area contributed by atoms with Crippen molar-refractivity contribution in [2.45, 2.75) is 18.6 Å². The van der Waals surface area contributed by atoms with E-state index < -0.39 is 57.2 Å². The van der Waals surface area contributed by atoms with Gasteiger partial charge in [-0.25, -0.2) is 32.0 Å². The van der Waals surface area contributed by atoms with E-state index in [1.54, 1.807) is 0 Å². The summed E-state index contributed by atoms with van der Waals surface area (Å²) in [6.45, 7) is -0.0776. The van der Waals surface area contributed by atoms with Crippen LogP contribution in [-0.4, -0.2) is 49.2 Å². The zero-order valence-electron chi connectivity index (χ0n) is 19.9. The molecule has 1 aliphatic heterocycles. The third-order valence-corrected chi connectivity index (χ3v) is 6.15. The summed E-state index contributed by atoms with van der Waals surface area (Å²) in [6, 6.07) is 6.03. The minimum atomic E-state index is -4.71. The van der Waals surface area contributed by atoms with Crippen LogP contribution >= 0.6 is 0 Å². The zero-order chi connectivity index (χ0) is 28.5. The molecule has 4 rings (SSSR count). The van der Waals surface area contributed by atoms with E-state index in [1.807, 2.05) is 0 Å². The Labute approximate surface area is 218 Å². The molecule has 1 saturated heterocycles. The van der Waals surface area contributed by atoms with Crippen LogP contribution in [0.2, 0.25) is 0 Å². The van der Waals surface area contributed by atoms with Crippen molar-refractivity contribution in [3.63, 3.8) is 0 Å². The lowest BCUT2D eigenvalue weighted by molar-refractivity contribution is -0.141. The number of alkyl halides is 3. The van der Waals surface area contributed by atoms with Gasteiger partial charge in [-0.3, -0.25) is 14.8 Å². The van der Waals surface area contributed by atoms with E-state index in [4.69, 9.17) is 0 Å². The largest absolute Gasteiger partial charge is 0.434 e. The maximum Gasteiger partial charge on any atom is 0.434 e. The van der Waals surface area contributed by atoms with Crippen molar-refractivity contribution in [1.29, 1.82) is 0 Å². The summed E-state index contributed by atoms with van der Waals surface area (Å²) in [5.41, 5.74) is -1.81. The fourth-order valence-electron chi connectivity index (χ4n) is 3.87. The van der Waals surface area contributed by atoms with Crippen LogP contribution in [0.3, 0.4) is 0 Å². The molecule has 39 heavy (non-hydrogen) atoms. The molecule has 1 aliphatic rings. The van der Waals surface area contributed by atoms with Gasteiger partial charge < -0.3 is 10.2 Å². The SMILES string of the molecule is CS(=O)(=O)Nc1ccccc1-c1ccc(N2CC[C@@H](NC(=O)Nc3cnc(C(F)(F)F)cn3)C2=O)c(F)c1F. The second kappa shape index (κ2) is 10.4. The molecule has 1 atom stereocenters. The predicted molar refractivity (Wildman–Crippen MR) is 130 cm³/mol. The normalized spacial score (nSPS) is 15.8. The molecule has 10 nitrogen and oxygen atoms in total. The van der Waals surface area contributed by atoms with Gasteiger partial charge in [-0.1, -0.05) is 18.2 Å². The van der Waals surface area contributed by atoms with Crippen LogP contribution in [0.25, 0.3) is 11.1 Å². The average molecular weight is 571 g/mol. The van der Waals surface area contributed by atoms with Crippen molar-refractivity contribution >= 4 is 39.2 Å². The maximum atomic E-state index is 15.1. The Morgan fingerprint density at radius 3 is 2.38 bits per heavy atom. The Balaban J connectivity index is 1.48. The van der Waals surface area contributed by atoms with Crippen LogP contribution in [0.4, 0.5) is 43.9 Å². The Morgan fingerprint density at radius 1 is 1.03 bits per heavy atom. The number of aromatic nitrogens is 2. The summed E-state index contributed by atoms with van der Waals surface area (Å²) in [4.78, 5) is 32.6. The van der Waals surface area contributed by atoms with Crippen LogP contribution in [-0.2, 0) is 21.0 Å². The summed E-state index contributed by atoms with van der Waals surface area (Å²) < 4.78 is 93.6. The summed E-state index contributed by atoms with van der Waals surface area (Å²) in [7, 11) is -3.71. The molecule has 2 heterocycles. The van der Waals surface area contributed by atoms with Crippen LogP contribution < -0.4 is 20.3 Å². The lowest BCUT2D eigenvalue weighted by atomic mass is 10.0. The van der Waals surface area contributed by atoms with E-state index in [-0.39, 0.29) is 35.6 Å². The molecule has 0 unspecified atom stereocenters. The molecule has 0 bridgehead atoms. The summed E-state index contributed by atoms with van der Waals surface area (Å²) >= 11 is 0. The number of rotatable bonds is 6. The Kier molecular flexibility index (Phi) is 7.41. The highest BCUT2D eigenvalue weighted by molar-refractivity contribution is 7.92. The fraction of sp³-hybridized carbons (Fsp3) is 0.217. The highest BCUT2D eigenvalue weighted by Crippen LogP contribution is 2.36. The number of carbonyl (C=O) groups excluding carboxylic acids is 2. The molecular formula is C23H19F5N6O4S. The smallest absolute Gasteiger partial charge is 0.326 e. The molecule has 3 N–H and O–H groups in total. The number of halogens is 5. The molecule has 0 aliphatic carbocycles. The molecule has 1 fully saturated rings. The van der Waals surface area contributed by atoms with Crippen molar-refractivity contribution in [2.24, 2.45) is 0 Å². The number of hydrogen-bond acceptors (Lipinski definition) is 6. The number of nitrogens with one attached hydrogen (secondary N) is 3. The third kappa shape index (κ3) is 6.22. The van der Waals surface area contributed by atoms with Gasteiger partial charge in [-0.15, -0.1) is 0 Å². The van der Waals surface area contributed by atoms with Gasteiger partial charge >= 0.3 is 12.2 Å². The van der Waals surface area contributed by atoms with Crippen LogP contribution in [0.1, 0.15) is 12.1 Å². The van der Waals surface area contributed by atoms with Crippen LogP contribution in [0, 0.1) is 11.6 Å². The Morgan fingerprint density at radius 2 is 1.74 bits per heavy atom. The van der Waals surface area contributed by atoms with Gasteiger partial charge in [0.1, 0.15) is 6.04 Å². The molecular weight excluding hydrogens is 551 g/mol. The number of carbonyl (C=O) groups is 2. The van der Waals surface area contributed by atoms with Gasteiger partial charge in [0, 0.05) is 17.7 Å². The topological polar surface area (TPSA) is 133 Å². The molecule has 1 aromatic heterocycles. The molecule has 3 aromatic rings. The van der Waals surface area contributed by atoms with E-state index in [0.717, 1.165) is 17.2 Å². The average Bonchev–Trinajstić information content (AvgIpc) is 3.19. The molecule has 206 valence electrons. The number of hydrogen-bond donors (Lipinski definition) is 3. The number of nitrogens with zero attached hydrogens (tertiary/aromatic N) is 3. The fourth-order valence-corrected chi connectivity index (χ4v) is 4.44. The number of para-hydroxylation sites is 1. The van der Waals surface area contributed by atoms with E-state index in [0.29, 0.717) is 12.4 Å². The van der Waals surface area contributed by atoms with Crippen molar-refractivity contribution in [3.05, 3.63) is 66.1 Å². The molecule has 16 heteroatoms. The Bertz CT molecular complexity index is 1530. The lowest BCUT2D eigenvalue weighted by Crippen LogP contribution is -2.43. The number of urea groups is 1. The van der Waals surface area contributed by atoms with Gasteiger partial charge in [-0.2, -0.15) is 13.2 Å². The first-order valence-corrected chi connectivity index (χ1v) is 13.0. The third-order valence-electron chi connectivity index (χ3n) is 5.56. The van der Waals surface area contributed by atoms with Gasteiger partial charge in [0.15, 0.2) is 23.1 Å². The Hall–Kier alpha value is -4.34. The van der Waals surface area contributed by atoms with Crippen molar-refractivity contribution in [1.82, 2.24) is 15.3 Å². The highest BCUT2D eigenvalue weighted by atomic mass is 32.2. The highest BCUT2D eigenvalue weighted by Gasteiger charge is 2.36. The molecule has 2 aromatic carbocycles. The van der Waals surface area contributed by atoms with Crippen molar-refractivity contribution in [3.8, 4) is 11.1 Å². The minimum Gasteiger partial charge on any atom is -0.326 e. The molecule has 0 spiro atoms. The maximum absolute atomic E-state index is 15.1. The molecule has 0 radical (unpaired) electrons. The first kappa shape index (κ1) is 27.7. The molecule has 3 amide bonds. The van der Waals surface area contributed by atoms with Crippen molar-refractivity contribution in [2.75, 3.05) is 27.7 Å². The second-order valence-electron chi connectivity index (χ2n) is 8.39.